The van der Waals surface area contributed by atoms with Crippen molar-refractivity contribution in [2.45, 2.75) is 40.2 Å². The van der Waals surface area contributed by atoms with E-state index in [-0.39, 0.29) is 18.1 Å². The number of hydrogen-bond donors (Lipinski definition) is 1. The second-order valence-corrected chi connectivity index (χ2v) is 5.47. The highest BCUT2D eigenvalue weighted by Gasteiger charge is 2.14. The van der Waals surface area contributed by atoms with Crippen molar-refractivity contribution >= 4 is 11.6 Å². The van der Waals surface area contributed by atoms with Gasteiger partial charge >= 0.3 is 0 Å². The first-order chi connectivity index (χ1) is 9.85. The van der Waals surface area contributed by atoms with Crippen molar-refractivity contribution in [2.24, 2.45) is 0 Å². The Morgan fingerprint density at radius 3 is 2.38 bits per heavy atom. The third-order valence-corrected chi connectivity index (χ3v) is 2.47. The fraction of sp³-hybridized carbons (Fsp3) is 0.562. The van der Waals surface area contributed by atoms with Crippen molar-refractivity contribution in [2.75, 3.05) is 25.1 Å². The molecule has 0 aliphatic rings. The number of nitrogens with one attached hydrogen (secondary N) is 1. The molecule has 0 aromatic heterocycles. The Balaban J connectivity index is 2.78. The van der Waals surface area contributed by atoms with Crippen LogP contribution in [0.15, 0.2) is 18.2 Å². The number of hydrogen-bond acceptors (Lipinski definition) is 4. The van der Waals surface area contributed by atoms with Crippen LogP contribution in [-0.4, -0.2) is 31.3 Å². The van der Waals surface area contributed by atoms with E-state index in [0.29, 0.717) is 30.4 Å². The quantitative estimate of drug-likeness (QED) is 0.839. The maximum Gasteiger partial charge on any atom is 0.250 e. The van der Waals surface area contributed by atoms with Gasteiger partial charge in [0.2, 0.25) is 0 Å². The van der Waals surface area contributed by atoms with Gasteiger partial charge in [0.25, 0.3) is 5.91 Å². The molecule has 0 aliphatic carbocycles. The molecule has 0 spiro atoms. The van der Waals surface area contributed by atoms with Crippen LogP contribution in [0.4, 0.5) is 5.69 Å². The highest BCUT2D eigenvalue weighted by Crippen LogP contribution is 2.29. The molecule has 0 heterocycles. The fourth-order valence-electron chi connectivity index (χ4n) is 1.61. The zero-order valence-electron chi connectivity index (χ0n) is 13.5. The van der Waals surface area contributed by atoms with E-state index in [9.17, 15) is 4.79 Å². The van der Waals surface area contributed by atoms with Gasteiger partial charge in [-0.2, -0.15) is 0 Å². The first kappa shape index (κ1) is 17.3. The normalized spacial score (nSPS) is 11.1. The summed E-state index contributed by atoms with van der Waals surface area (Å²) in [6, 6.07) is 5.36. The smallest absolute Gasteiger partial charge is 0.250 e. The Labute approximate surface area is 126 Å². The molecule has 5 nitrogen and oxygen atoms in total. The largest absolute Gasteiger partial charge is 0.494 e. The zero-order chi connectivity index (χ0) is 15.9. The average Bonchev–Trinajstić information content (AvgIpc) is 2.39. The highest BCUT2D eigenvalue weighted by atomic mass is 16.5. The minimum Gasteiger partial charge on any atom is -0.494 e. The summed E-state index contributed by atoms with van der Waals surface area (Å²) in [6.07, 6.45) is 0. The van der Waals surface area contributed by atoms with Gasteiger partial charge in [-0.05, 0) is 46.8 Å². The van der Waals surface area contributed by atoms with Crippen LogP contribution < -0.4 is 14.8 Å². The third kappa shape index (κ3) is 6.49. The molecule has 1 N–H and O–H groups in total. The number of rotatable bonds is 7. The Bertz CT molecular complexity index is 466. The minimum absolute atomic E-state index is 0.00602. The lowest BCUT2D eigenvalue weighted by Gasteiger charge is -2.19. The van der Waals surface area contributed by atoms with E-state index in [2.05, 4.69) is 5.32 Å². The standard InChI is InChI=1S/C16H25NO4/c1-6-19-12-8-9-14(20-7-2)13(10-12)17-15(18)11-21-16(3,4)5/h8-10H,6-7,11H2,1-5H3,(H,17,18). The summed E-state index contributed by atoms with van der Waals surface area (Å²) < 4.78 is 16.4. The molecule has 5 heteroatoms. The van der Waals surface area contributed by atoms with E-state index in [4.69, 9.17) is 14.2 Å². The van der Waals surface area contributed by atoms with Gasteiger partial charge in [-0.15, -0.1) is 0 Å². The van der Waals surface area contributed by atoms with Gasteiger partial charge in [-0.3, -0.25) is 4.79 Å². The Morgan fingerprint density at radius 2 is 1.81 bits per heavy atom. The maximum atomic E-state index is 12.0. The molecule has 1 aromatic carbocycles. The van der Waals surface area contributed by atoms with Crippen molar-refractivity contribution in [1.82, 2.24) is 0 Å². The van der Waals surface area contributed by atoms with Crippen LogP contribution >= 0.6 is 0 Å². The summed E-state index contributed by atoms with van der Waals surface area (Å²) in [6.45, 7) is 10.6. The van der Waals surface area contributed by atoms with Crippen LogP contribution in [0.2, 0.25) is 0 Å². The number of carbonyl (C=O) groups excluding carboxylic acids is 1. The molecule has 1 amide bonds. The molecule has 0 aliphatic heterocycles. The molecular weight excluding hydrogens is 270 g/mol. The van der Waals surface area contributed by atoms with Crippen LogP contribution in [0, 0.1) is 0 Å². The van der Waals surface area contributed by atoms with Crippen molar-refractivity contribution in [3.8, 4) is 11.5 Å². The average molecular weight is 295 g/mol. The van der Waals surface area contributed by atoms with E-state index >= 15 is 0 Å². The monoisotopic (exact) mass is 295 g/mol. The van der Waals surface area contributed by atoms with Gasteiger partial charge in [0.15, 0.2) is 0 Å². The van der Waals surface area contributed by atoms with Crippen LogP contribution in [0.1, 0.15) is 34.6 Å². The van der Waals surface area contributed by atoms with E-state index in [1.807, 2.05) is 40.7 Å². The molecular formula is C16H25NO4. The van der Waals surface area contributed by atoms with E-state index < -0.39 is 0 Å². The first-order valence-electron chi connectivity index (χ1n) is 7.19. The zero-order valence-corrected chi connectivity index (χ0v) is 13.5. The third-order valence-electron chi connectivity index (χ3n) is 2.47. The molecule has 118 valence electrons. The van der Waals surface area contributed by atoms with Crippen molar-refractivity contribution in [3.63, 3.8) is 0 Å². The minimum atomic E-state index is -0.354. The molecule has 0 atom stereocenters. The molecule has 1 aromatic rings. The Hall–Kier alpha value is -1.75. The molecule has 21 heavy (non-hydrogen) atoms. The lowest BCUT2D eigenvalue weighted by molar-refractivity contribution is -0.125. The summed E-state index contributed by atoms with van der Waals surface area (Å²) in [5.41, 5.74) is 0.234. The molecule has 1 rings (SSSR count). The number of amides is 1. The number of benzene rings is 1. The van der Waals surface area contributed by atoms with E-state index in [1.165, 1.54) is 0 Å². The fourth-order valence-corrected chi connectivity index (χ4v) is 1.61. The second-order valence-electron chi connectivity index (χ2n) is 5.47. The number of ether oxygens (including phenoxy) is 3. The summed E-state index contributed by atoms with van der Waals surface area (Å²) in [5.74, 6) is 1.08. The van der Waals surface area contributed by atoms with Gasteiger partial charge in [-0.25, -0.2) is 0 Å². The van der Waals surface area contributed by atoms with E-state index in [0.717, 1.165) is 0 Å². The van der Waals surface area contributed by atoms with Gasteiger partial charge < -0.3 is 19.5 Å². The summed E-state index contributed by atoms with van der Waals surface area (Å²) in [7, 11) is 0. The molecule has 0 fully saturated rings. The topological polar surface area (TPSA) is 56.8 Å². The van der Waals surface area contributed by atoms with Gasteiger partial charge in [0.05, 0.1) is 24.5 Å². The van der Waals surface area contributed by atoms with E-state index in [1.54, 1.807) is 12.1 Å². The lowest BCUT2D eigenvalue weighted by atomic mass is 10.2. The van der Waals surface area contributed by atoms with Gasteiger partial charge in [0, 0.05) is 6.07 Å². The van der Waals surface area contributed by atoms with Crippen molar-refractivity contribution in [1.29, 1.82) is 0 Å². The van der Waals surface area contributed by atoms with Gasteiger partial charge in [0.1, 0.15) is 18.1 Å². The Morgan fingerprint density at radius 1 is 1.14 bits per heavy atom. The second kappa shape index (κ2) is 7.88. The molecule has 0 unspecified atom stereocenters. The predicted molar refractivity (Wildman–Crippen MR) is 83.1 cm³/mol. The summed E-state index contributed by atoms with van der Waals surface area (Å²) in [4.78, 5) is 12.0. The van der Waals surface area contributed by atoms with Crippen LogP contribution in [0.5, 0.6) is 11.5 Å². The predicted octanol–water partition coefficient (Wildman–Crippen LogP) is 3.24. The highest BCUT2D eigenvalue weighted by molar-refractivity contribution is 5.93. The van der Waals surface area contributed by atoms with Crippen LogP contribution in [0.3, 0.4) is 0 Å². The molecule has 0 radical (unpaired) electrons. The first-order valence-corrected chi connectivity index (χ1v) is 7.19. The number of anilines is 1. The van der Waals surface area contributed by atoms with Crippen LogP contribution in [0.25, 0.3) is 0 Å². The molecule has 0 saturated heterocycles. The lowest BCUT2D eigenvalue weighted by Crippen LogP contribution is -2.27. The molecule has 0 bridgehead atoms. The number of carbonyl (C=O) groups is 1. The van der Waals surface area contributed by atoms with Gasteiger partial charge in [-0.1, -0.05) is 0 Å². The SMILES string of the molecule is CCOc1ccc(OCC)c(NC(=O)COC(C)(C)C)c1. The van der Waals surface area contributed by atoms with Crippen molar-refractivity contribution in [3.05, 3.63) is 18.2 Å². The molecule has 0 saturated carbocycles. The Kier molecular flexibility index (Phi) is 6.49. The summed E-state index contributed by atoms with van der Waals surface area (Å²) in [5, 5.41) is 2.80. The van der Waals surface area contributed by atoms with Crippen molar-refractivity contribution < 1.29 is 19.0 Å². The maximum absolute atomic E-state index is 12.0. The summed E-state index contributed by atoms with van der Waals surface area (Å²) >= 11 is 0. The van der Waals surface area contributed by atoms with Crippen LogP contribution in [-0.2, 0) is 9.53 Å².